The first-order chi connectivity index (χ1) is 6.92. The van der Waals surface area contributed by atoms with E-state index < -0.39 is 0 Å². The minimum atomic E-state index is 0.195. The summed E-state index contributed by atoms with van der Waals surface area (Å²) in [5.74, 6) is 1.42. The molecule has 1 aromatic rings. The van der Waals surface area contributed by atoms with Gasteiger partial charge >= 0.3 is 0 Å². The van der Waals surface area contributed by atoms with Crippen LogP contribution in [0.4, 0.5) is 0 Å². The molecule has 0 spiro atoms. The normalized spacial score (nSPS) is 23.1. The highest BCUT2D eigenvalue weighted by Gasteiger charge is 2.35. The molecule has 1 atom stereocenters. The number of ether oxygens (including phenoxy) is 1. The first-order valence-electron chi connectivity index (χ1n) is 5.21. The zero-order valence-corrected chi connectivity index (χ0v) is 11.2. The minimum absolute atomic E-state index is 0.195. The number of halogens is 1. The van der Waals surface area contributed by atoms with Gasteiger partial charge in [-0.05, 0) is 34.8 Å². The second-order valence-corrected chi connectivity index (χ2v) is 5.72. The summed E-state index contributed by atoms with van der Waals surface area (Å²) in [7, 11) is 0. The molecule has 0 aromatic carbocycles. The van der Waals surface area contributed by atoms with Crippen molar-refractivity contribution in [3.05, 3.63) is 21.9 Å². The van der Waals surface area contributed by atoms with Gasteiger partial charge in [0.2, 0.25) is 0 Å². The van der Waals surface area contributed by atoms with Crippen molar-refractivity contribution in [2.24, 2.45) is 5.41 Å². The van der Waals surface area contributed by atoms with E-state index >= 15 is 0 Å². The lowest BCUT2D eigenvalue weighted by molar-refractivity contribution is 0.125. The Balaban J connectivity index is 2.56. The molecule has 1 aromatic heterocycles. The van der Waals surface area contributed by atoms with Crippen LogP contribution in [0.25, 0.3) is 0 Å². The molecule has 0 aliphatic carbocycles. The van der Waals surface area contributed by atoms with Crippen molar-refractivity contribution in [3.8, 4) is 5.75 Å². The molecule has 2 heterocycles. The highest BCUT2D eigenvalue weighted by molar-refractivity contribution is 9.10. The van der Waals surface area contributed by atoms with Crippen molar-refractivity contribution in [1.82, 2.24) is 4.98 Å². The van der Waals surface area contributed by atoms with Gasteiger partial charge in [-0.15, -0.1) is 0 Å². The molecule has 0 N–H and O–H groups in total. The summed E-state index contributed by atoms with van der Waals surface area (Å²) in [6.45, 7) is 9.51. The molecule has 0 saturated carbocycles. The number of pyridine rings is 1. The van der Waals surface area contributed by atoms with Crippen LogP contribution in [0.15, 0.2) is 10.7 Å². The Morgan fingerprint density at radius 1 is 1.53 bits per heavy atom. The van der Waals surface area contributed by atoms with E-state index in [1.54, 1.807) is 0 Å². The maximum atomic E-state index is 5.79. The highest BCUT2D eigenvalue weighted by atomic mass is 79.9. The summed E-state index contributed by atoms with van der Waals surface area (Å²) < 4.78 is 6.62. The van der Waals surface area contributed by atoms with Crippen LogP contribution in [0.2, 0.25) is 0 Å². The Morgan fingerprint density at radius 3 is 2.87 bits per heavy atom. The molecular weight excluding hydrogens is 254 g/mol. The van der Waals surface area contributed by atoms with Gasteiger partial charge in [-0.3, -0.25) is 0 Å². The second kappa shape index (κ2) is 3.48. The van der Waals surface area contributed by atoms with E-state index in [2.05, 4.69) is 47.8 Å². The van der Waals surface area contributed by atoms with Crippen LogP contribution < -0.4 is 4.74 Å². The van der Waals surface area contributed by atoms with Gasteiger partial charge in [-0.1, -0.05) is 20.8 Å². The number of nitrogens with zero attached hydrogens (tertiary/aromatic N) is 1. The third-order valence-corrected chi connectivity index (χ3v) is 3.85. The number of hydrogen-bond acceptors (Lipinski definition) is 2. The molecule has 0 amide bonds. The van der Waals surface area contributed by atoms with E-state index in [1.165, 1.54) is 5.56 Å². The van der Waals surface area contributed by atoms with Crippen molar-refractivity contribution in [2.45, 2.75) is 33.6 Å². The predicted molar refractivity (Wildman–Crippen MR) is 64.4 cm³/mol. The van der Waals surface area contributed by atoms with Gasteiger partial charge in [0.05, 0.1) is 6.61 Å². The quantitative estimate of drug-likeness (QED) is 0.671. The van der Waals surface area contributed by atoms with Crippen molar-refractivity contribution in [3.63, 3.8) is 0 Å². The SMILES string of the molecule is Cc1cc2c(c(Br)n1)OCC(C)(C)C2C. The average molecular weight is 270 g/mol. The molecule has 0 bridgehead atoms. The van der Waals surface area contributed by atoms with Crippen LogP contribution in [0, 0.1) is 12.3 Å². The standard InChI is InChI=1S/C12H16BrNO/c1-7-5-9-8(2)12(3,4)6-15-10(9)11(13)14-7/h5,8H,6H2,1-4H3. The van der Waals surface area contributed by atoms with E-state index in [-0.39, 0.29) is 5.41 Å². The summed E-state index contributed by atoms with van der Waals surface area (Å²) in [4.78, 5) is 4.36. The summed E-state index contributed by atoms with van der Waals surface area (Å²) in [6, 6.07) is 2.13. The molecule has 1 aliphatic rings. The summed E-state index contributed by atoms with van der Waals surface area (Å²) in [5.41, 5.74) is 2.50. The Morgan fingerprint density at radius 2 is 2.20 bits per heavy atom. The van der Waals surface area contributed by atoms with Crippen LogP contribution in [-0.2, 0) is 0 Å². The largest absolute Gasteiger partial charge is 0.490 e. The maximum Gasteiger partial charge on any atom is 0.155 e. The van der Waals surface area contributed by atoms with Gasteiger partial charge in [0, 0.05) is 16.7 Å². The fourth-order valence-electron chi connectivity index (χ4n) is 1.92. The molecule has 2 nitrogen and oxygen atoms in total. The first kappa shape index (κ1) is 10.9. The van der Waals surface area contributed by atoms with Crippen molar-refractivity contribution in [1.29, 1.82) is 0 Å². The molecule has 3 heteroatoms. The summed E-state index contributed by atoms with van der Waals surface area (Å²) in [5, 5.41) is 0. The van der Waals surface area contributed by atoms with E-state index in [4.69, 9.17) is 4.74 Å². The lowest BCUT2D eigenvalue weighted by Gasteiger charge is -2.38. The molecule has 0 saturated heterocycles. The molecule has 82 valence electrons. The van der Waals surface area contributed by atoms with Crippen LogP contribution in [0.1, 0.15) is 37.9 Å². The smallest absolute Gasteiger partial charge is 0.155 e. The second-order valence-electron chi connectivity index (χ2n) is 4.97. The molecule has 1 unspecified atom stereocenters. The number of hydrogen-bond donors (Lipinski definition) is 0. The van der Waals surface area contributed by atoms with E-state index in [9.17, 15) is 0 Å². The predicted octanol–water partition coefficient (Wildman–Crippen LogP) is 3.67. The van der Waals surface area contributed by atoms with Gasteiger partial charge in [0.25, 0.3) is 0 Å². The minimum Gasteiger partial charge on any atom is -0.490 e. The summed E-state index contributed by atoms with van der Waals surface area (Å²) in [6.07, 6.45) is 0. The fourth-order valence-corrected chi connectivity index (χ4v) is 2.54. The average Bonchev–Trinajstić information content (AvgIpc) is 2.12. The zero-order chi connectivity index (χ0) is 11.2. The van der Waals surface area contributed by atoms with Crippen molar-refractivity contribution in [2.75, 3.05) is 6.61 Å². The number of rotatable bonds is 0. The Labute approximate surface area is 99.2 Å². The van der Waals surface area contributed by atoms with Crippen molar-refractivity contribution >= 4 is 15.9 Å². The van der Waals surface area contributed by atoms with Crippen LogP contribution in [0.3, 0.4) is 0 Å². The van der Waals surface area contributed by atoms with Crippen LogP contribution in [-0.4, -0.2) is 11.6 Å². The molecular formula is C12H16BrNO. The Bertz CT molecular complexity index is 401. The van der Waals surface area contributed by atoms with Gasteiger partial charge in [-0.2, -0.15) is 0 Å². The first-order valence-corrected chi connectivity index (χ1v) is 6.01. The highest BCUT2D eigenvalue weighted by Crippen LogP contribution is 2.46. The Kier molecular flexibility index (Phi) is 2.53. The number of aromatic nitrogens is 1. The van der Waals surface area contributed by atoms with E-state index in [1.807, 2.05) is 6.92 Å². The Hall–Kier alpha value is -0.570. The lowest BCUT2D eigenvalue weighted by atomic mass is 9.75. The zero-order valence-electron chi connectivity index (χ0n) is 9.60. The van der Waals surface area contributed by atoms with E-state index in [0.717, 1.165) is 22.7 Å². The molecule has 15 heavy (non-hydrogen) atoms. The monoisotopic (exact) mass is 269 g/mol. The topological polar surface area (TPSA) is 22.1 Å². The molecule has 0 radical (unpaired) electrons. The molecule has 1 aliphatic heterocycles. The van der Waals surface area contributed by atoms with Crippen LogP contribution >= 0.6 is 15.9 Å². The fraction of sp³-hybridized carbons (Fsp3) is 0.583. The van der Waals surface area contributed by atoms with Gasteiger partial charge in [0.1, 0.15) is 4.60 Å². The van der Waals surface area contributed by atoms with E-state index in [0.29, 0.717) is 5.92 Å². The van der Waals surface area contributed by atoms with Crippen LogP contribution in [0.5, 0.6) is 5.75 Å². The van der Waals surface area contributed by atoms with Gasteiger partial charge in [-0.25, -0.2) is 4.98 Å². The number of fused-ring (bicyclic) bond motifs is 1. The third-order valence-electron chi connectivity index (χ3n) is 3.32. The van der Waals surface area contributed by atoms with Gasteiger partial charge in [0.15, 0.2) is 5.75 Å². The molecule has 0 fully saturated rings. The number of aryl methyl sites for hydroxylation is 1. The maximum absolute atomic E-state index is 5.79. The van der Waals surface area contributed by atoms with Crippen molar-refractivity contribution < 1.29 is 4.74 Å². The lowest BCUT2D eigenvalue weighted by Crippen LogP contribution is -2.32. The van der Waals surface area contributed by atoms with Gasteiger partial charge < -0.3 is 4.74 Å². The molecule has 2 rings (SSSR count). The third kappa shape index (κ3) is 1.78. The summed E-state index contributed by atoms with van der Waals surface area (Å²) >= 11 is 3.46.